The van der Waals surface area contributed by atoms with Crippen LogP contribution in [0.15, 0.2) is 83.8 Å². The molecule has 3 rings (SSSR count). The van der Waals surface area contributed by atoms with Gasteiger partial charge in [-0.1, -0.05) is 79.5 Å². The first kappa shape index (κ1) is 29.5. The highest BCUT2D eigenvalue weighted by atomic mass is 35.5. The molecule has 0 spiro atoms. The quantitative estimate of drug-likeness (QED) is 0.332. The van der Waals surface area contributed by atoms with Gasteiger partial charge in [-0.2, -0.15) is 0 Å². The Bertz CT molecular complexity index is 1370. The normalized spacial score (nSPS) is 12.2. The smallest absolute Gasteiger partial charge is 0.264 e. The van der Waals surface area contributed by atoms with Crippen molar-refractivity contribution in [2.75, 3.05) is 17.4 Å². The Morgan fingerprint density at radius 2 is 1.55 bits per heavy atom. The average Bonchev–Trinajstić information content (AvgIpc) is 2.89. The van der Waals surface area contributed by atoms with Crippen LogP contribution in [0.5, 0.6) is 0 Å². The third-order valence-electron chi connectivity index (χ3n) is 5.83. The Labute approximate surface area is 234 Å². The van der Waals surface area contributed by atoms with Gasteiger partial charge in [0.25, 0.3) is 10.0 Å². The van der Waals surface area contributed by atoms with Crippen molar-refractivity contribution in [2.45, 2.75) is 38.3 Å². The number of carbonyl (C=O) groups excluding carboxylic acids is 2. The molecule has 1 unspecified atom stereocenters. The minimum atomic E-state index is -4.17. The Hall–Kier alpha value is -3.07. The third-order valence-corrected chi connectivity index (χ3v) is 8.15. The maximum atomic E-state index is 13.9. The van der Waals surface area contributed by atoms with Crippen LogP contribution in [-0.4, -0.2) is 44.3 Å². The summed E-state index contributed by atoms with van der Waals surface area (Å²) >= 11 is 12.6. The molecule has 0 bridgehead atoms. The molecule has 2 amide bonds. The topological polar surface area (TPSA) is 86.8 Å². The van der Waals surface area contributed by atoms with Crippen LogP contribution in [0.3, 0.4) is 0 Å². The van der Waals surface area contributed by atoms with Gasteiger partial charge in [-0.25, -0.2) is 8.42 Å². The van der Waals surface area contributed by atoms with E-state index in [1.807, 2.05) is 13.8 Å². The van der Waals surface area contributed by atoms with Gasteiger partial charge >= 0.3 is 0 Å². The lowest BCUT2D eigenvalue weighted by molar-refractivity contribution is -0.139. The highest BCUT2D eigenvalue weighted by molar-refractivity contribution is 7.92. The van der Waals surface area contributed by atoms with Crippen molar-refractivity contribution in [3.8, 4) is 0 Å². The van der Waals surface area contributed by atoms with Crippen molar-refractivity contribution in [3.05, 3.63) is 94.5 Å². The number of nitrogens with zero attached hydrogens (tertiary/aromatic N) is 2. The second-order valence-electron chi connectivity index (χ2n) is 9.24. The van der Waals surface area contributed by atoms with Gasteiger partial charge in [-0.15, -0.1) is 0 Å². The van der Waals surface area contributed by atoms with Crippen molar-refractivity contribution < 1.29 is 18.0 Å². The van der Waals surface area contributed by atoms with Crippen molar-refractivity contribution in [3.63, 3.8) is 0 Å². The summed E-state index contributed by atoms with van der Waals surface area (Å²) in [7, 11) is -4.17. The SMILES string of the molecule is CC(C)CNC(=O)C(C)N(Cc1cccc(Cl)c1)C(=O)CN(c1ccccc1Cl)S(=O)(=O)c1ccccc1. The summed E-state index contributed by atoms with van der Waals surface area (Å²) in [5, 5.41) is 3.51. The van der Waals surface area contributed by atoms with E-state index < -0.39 is 28.5 Å². The number of hydrogen-bond donors (Lipinski definition) is 1. The molecule has 0 fully saturated rings. The minimum absolute atomic E-state index is 0.0110. The van der Waals surface area contributed by atoms with E-state index in [1.165, 1.54) is 23.1 Å². The Kier molecular flexibility index (Phi) is 10.2. The summed E-state index contributed by atoms with van der Waals surface area (Å²) in [6, 6.07) is 20.3. The van der Waals surface area contributed by atoms with Crippen LogP contribution in [0.4, 0.5) is 5.69 Å². The van der Waals surface area contributed by atoms with Gasteiger partial charge in [0.05, 0.1) is 15.6 Å². The minimum Gasteiger partial charge on any atom is -0.354 e. The molecule has 0 saturated heterocycles. The molecule has 0 radical (unpaired) electrons. The number of benzene rings is 3. The molecule has 1 N–H and O–H groups in total. The number of amides is 2. The highest BCUT2D eigenvalue weighted by Crippen LogP contribution is 2.30. The van der Waals surface area contributed by atoms with Crippen LogP contribution in [0.25, 0.3) is 0 Å². The molecule has 1 atom stereocenters. The maximum absolute atomic E-state index is 13.9. The molecule has 0 aliphatic carbocycles. The molecule has 0 saturated carbocycles. The summed E-state index contributed by atoms with van der Waals surface area (Å²) < 4.78 is 28.4. The molecule has 202 valence electrons. The van der Waals surface area contributed by atoms with Crippen LogP contribution >= 0.6 is 23.2 Å². The van der Waals surface area contributed by atoms with E-state index in [1.54, 1.807) is 67.6 Å². The fraction of sp³-hybridized carbons (Fsp3) is 0.286. The zero-order valence-corrected chi connectivity index (χ0v) is 23.8. The van der Waals surface area contributed by atoms with Gasteiger partial charge in [0.15, 0.2) is 0 Å². The number of sulfonamides is 1. The van der Waals surface area contributed by atoms with Crippen molar-refractivity contribution in [1.82, 2.24) is 10.2 Å². The van der Waals surface area contributed by atoms with E-state index in [-0.39, 0.29) is 34.0 Å². The van der Waals surface area contributed by atoms with Gasteiger partial charge in [0.2, 0.25) is 11.8 Å². The predicted molar refractivity (Wildman–Crippen MR) is 152 cm³/mol. The first-order valence-electron chi connectivity index (χ1n) is 12.1. The molecule has 3 aromatic carbocycles. The molecule has 10 heteroatoms. The number of nitrogens with one attached hydrogen (secondary N) is 1. The number of rotatable bonds is 11. The maximum Gasteiger partial charge on any atom is 0.264 e. The number of halogens is 2. The van der Waals surface area contributed by atoms with Gasteiger partial charge in [-0.3, -0.25) is 13.9 Å². The van der Waals surface area contributed by atoms with E-state index in [2.05, 4.69) is 5.32 Å². The lowest BCUT2D eigenvalue weighted by Gasteiger charge is -2.32. The highest BCUT2D eigenvalue weighted by Gasteiger charge is 2.33. The average molecular weight is 577 g/mol. The summed E-state index contributed by atoms with van der Waals surface area (Å²) in [6.45, 7) is 5.48. The second-order valence-corrected chi connectivity index (χ2v) is 11.9. The van der Waals surface area contributed by atoms with Crippen molar-refractivity contribution in [2.24, 2.45) is 5.92 Å². The molecule has 0 aliphatic heterocycles. The molecule has 0 heterocycles. The van der Waals surface area contributed by atoms with E-state index >= 15 is 0 Å². The number of hydrogen-bond acceptors (Lipinski definition) is 4. The van der Waals surface area contributed by atoms with Crippen molar-refractivity contribution in [1.29, 1.82) is 0 Å². The van der Waals surface area contributed by atoms with E-state index in [0.29, 0.717) is 17.1 Å². The van der Waals surface area contributed by atoms with E-state index in [4.69, 9.17) is 23.2 Å². The molecular formula is C28H31Cl2N3O4S. The summed E-state index contributed by atoms with van der Waals surface area (Å²) in [4.78, 5) is 28.2. The zero-order chi connectivity index (χ0) is 27.9. The van der Waals surface area contributed by atoms with E-state index in [0.717, 1.165) is 4.31 Å². The molecular weight excluding hydrogens is 545 g/mol. The number of para-hydroxylation sites is 1. The van der Waals surface area contributed by atoms with Gasteiger partial charge in [0, 0.05) is 18.1 Å². The Morgan fingerprint density at radius 1 is 0.895 bits per heavy atom. The monoisotopic (exact) mass is 575 g/mol. The zero-order valence-electron chi connectivity index (χ0n) is 21.5. The number of carbonyl (C=O) groups is 2. The summed E-state index contributed by atoms with van der Waals surface area (Å²) in [5.74, 6) is -0.698. The molecule has 38 heavy (non-hydrogen) atoms. The van der Waals surface area contributed by atoms with Crippen LogP contribution in [0, 0.1) is 5.92 Å². The lowest BCUT2D eigenvalue weighted by Crippen LogP contribution is -2.51. The van der Waals surface area contributed by atoms with Crippen molar-refractivity contribution >= 4 is 50.7 Å². The Balaban J connectivity index is 2.01. The first-order chi connectivity index (χ1) is 18.0. The molecule has 0 aromatic heterocycles. The van der Waals surface area contributed by atoms with Crippen LogP contribution < -0.4 is 9.62 Å². The molecule has 3 aromatic rings. The van der Waals surface area contributed by atoms with E-state index in [9.17, 15) is 18.0 Å². The fourth-order valence-electron chi connectivity index (χ4n) is 3.75. The van der Waals surface area contributed by atoms with Crippen LogP contribution in [-0.2, 0) is 26.2 Å². The van der Waals surface area contributed by atoms with Gasteiger partial charge in [-0.05, 0) is 54.8 Å². The van der Waals surface area contributed by atoms with Crippen LogP contribution in [0.1, 0.15) is 26.3 Å². The predicted octanol–water partition coefficient (Wildman–Crippen LogP) is 5.38. The number of anilines is 1. The fourth-order valence-corrected chi connectivity index (χ4v) is 5.71. The van der Waals surface area contributed by atoms with Gasteiger partial charge < -0.3 is 10.2 Å². The summed E-state index contributed by atoms with van der Waals surface area (Å²) in [5.41, 5.74) is 0.857. The molecule has 0 aliphatic rings. The third kappa shape index (κ3) is 7.49. The van der Waals surface area contributed by atoms with Gasteiger partial charge in [0.1, 0.15) is 12.6 Å². The summed E-state index contributed by atoms with van der Waals surface area (Å²) in [6.07, 6.45) is 0. The first-order valence-corrected chi connectivity index (χ1v) is 14.3. The van der Waals surface area contributed by atoms with Crippen LogP contribution in [0.2, 0.25) is 10.0 Å². The second kappa shape index (κ2) is 13.1. The lowest BCUT2D eigenvalue weighted by atomic mass is 10.1. The Morgan fingerprint density at radius 3 is 2.18 bits per heavy atom. The standard InChI is InChI=1S/C28H31Cl2N3O4S/c1-20(2)17-31-28(35)21(3)32(18-22-10-9-11-23(29)16-22)27(34)19-33(26-15-8-7-14-25(26)30)38(36,37)24-12-5-4-6-13-24/h4-16,20-21H,17-19H2,1-3H3,(H,31,35). The largest absolute Gasteiger partial charge is 0.354 e. The molecule has 7 nitrogen and oxygen atoms in total.